The van der Waals surface area contributed by atoms with Crippen molar-refractivity contribution in [3.8, 4) is 5.75 Å². The number of aromatic hydroxyl groups is 1. The van der Waals surface area contributed by atoms with Gasteiger partial charge in [0.15, 0.2) is 11.6 Å². The second-order valence-corrected chi connectivity index (χ2v) is 5.56. The van der Waals surface area contributed by atoms with Crippen LogP contribution in [0.5, 0.6) is 5.75 Å². The van der Waals surface area contributed by atoms with Crippen molar-refractivity contribution in [1.29, 1.82) is 0 Å². The zero-order valence-corrected chi connectivity index (χ0v) is 9.82. The van der Waals surface area contributed by atoms with E-state index in [0.717, 1.165) is 17.0 Å². The second kappa shape index (κ2) is 4.20. The van der Waals surface area contributed by atoms with Gasteiger partial charge in [-0.15, -0.1) is 3.89 Å². The average molecular weight is 277 g/mol. The fourth-order valence-corrected chi connectivity index (χ4v) is 2.45. The lowest BCUT2D eigenvalue weighted by Gasteiger charge is -2.16. The van der Waals surface area contributed by atoms with Crippen molar-refractivity contribution < 1.29 is 26.6 Å². The summed E-state index contributed by atoms with van der Waals surface area (Å²) >= 11 is 0. The number of halogens is 2. The largest absolute Gasteiger partial charge is 0.505 e. The summed E-state index contributed by atoms with van der Waals surface area (Å²) < 4.78 is 47.1. The number of hydrogen-bond donors (Lipinski definition) is 1. The highest BCUT2D eigenvalue weighted by molar-refractivity contribution is 7.87. The summed E-state index contributed by atoms with van der Waals surface area (Å²) in [7, 11) is -4.79. The van der Waals surface area contributed by atoms with Gasteiger partial charge in [-0.1, -0.05) is 0 Å². The van der Waals surface area contributed by atoms with E-state index in [0.29, 0.717) is 0 Å². The minimum absolute atomic E-state index is 0.130. The van der Waals surface area contributed by atoms with Gasteiger partial charge in [0.05, 0.1) is 0 Å². The first kappa shape index (κ1) is 12.7. The summed E-state index contributed by atoms with van der Waals surface area (Å²) in [6.07, 6.45) is -0.461. The number of carbonyl (C=O) groups is 1. The van der Waals surface area contributed by atoms with Crippen LogP contribution >= 0.6 is 0 Å². The van der Waals surface area contributed by atoms with Crippen LogP contribution in [0, 0.1) is 5.82 Å². The molecule has 18 heavy (non-hydrogen) atoms. The molecule has 0 aromatic heterocycles. The van der Waals surface area contributed by atoms with E-state index in [1.54, 1.807) is 0 Å². The molecule has 1 fully saturated rings. The fraction of sp³-hybridized carbons (Fsp3) is 0.300. The molecular formula is C10H9F2NO4S. The van der Waals surface area contributed by atoms with Crippen LogP contribution in [-0.2, 0) is 15.0 Å². The van der Waals surface area contributed by atoms with E-state index in [-0.39, 0.29) is 12.2 Å². The summed E-state index contributed by atoms with van der Waals surface area (Å²) in [6, 6.07) is 3.13. The van der Waals surface area contributed by atoms with Gasteiger partial charge in [-0.3, -0.25) is 4.79 Å². The maximum atomic E-state index is 12.8. The zero-order chi connectivity index (χ0) is 13.5. The second-order valence-electron chi connectivity index (χ2n) is 3.94. The Labute approximate surface area is 102 Å². The Morgan fingerprint density at radius 2 is 2.06 bits per heavy atom. The minimum atomic E-state index is -4.79. The van der Waals surface area contributed by atoms with Gasteiger partial charge in [0, 0.05) is 24.7 Å². The molecule has 0 spiro atoms. The van der Waals surface area contributed by atoms with E-state index < -0.39 is 39.4 Å². The molecule has 0 radical (unpaired) electrons. The molecule has 1 aromatic rings. The smallest absolute Gasteiger partial charge is 0.307 e. The van der Waals surface area contributed by atoms with Crippen LogP contribution < -0.4 is 4.90 Å². The molecule has 8 heteroatoms. The van der Waals surface area contributed by atoms with Crippen LogP contribution in [0.4, 0.5) is 14.0 Å². The van der Waals surface area contributed by atoms with Crippen molar-refractivity contribution in [3.63, 3.8) is 0 Å². The molecule has 0 bridgehead atoms. The Kier molecular flexibility index (Phi) is 2.97. The molecular weight excluding hydrogens is 268 g/mol. The topological polar surface area (TPSA) is 74.7 Å². The first-order valence-corrected chi connectivity index (χ1v) is 6.46. The van der Waals surface area contributed by atoms with Gasteiger partial charge in [0.25, 0.3) is 0 Å². The van der Waals surface area contributed by atoms with Crippen LogP contribution in [-0.4, -0.2) is 31.2 Å². The summed E-state index contributed by atoms with van der Waals surface area (Å²) in [4.78, 5) is 12.5. The van der Waals surface area contributed by atoms with Crippen molar-refractivity contribution >= 4 is 21.8 Å². The Balaban J connectivity index is 2.30. The number of carbonyl (C=O) groups excluding carboxylic acids is 1. The predicted molar refractivity (Wildman–Crippen MR) is 58.9 cm³/mol. The highest BCUT2D eigenvalue weighted by Crippen LogP contribution is 2.29. The van der Waals surface area contributed by atoms with Crippen molar-refractivity contribution in [2.24, 2.45) is 0 Å². The normalized spacial score (nSPS) is 20.4. The molecule has 1 saturated heterocycles. The lowest BCUT2D eigenvalue weighted by atomic mass is 10.2. The van der Waals surface area contributed by atoms with E-state index >= 15 is 0 Å². The van der Waals surface area contributed by atoms with Gasteiger partial charge in [-0.2, -0.15) is 8.42 Å². The molecule has 1 amide bonds. The van der Waals surface area contributed by atoms with Crippen LogP contribution in [0.25, 0.3) is 0 Å². The summed E-state index contributed by atoms with van der Waals surface area (Å²) in [6.45, 7) is -0.345. The van der Waals surface area contributed by atoms with Crippen molar-refractivity contribution in [2.75, 3.05) is 11.4 Å². The predicted octanol–water partition coefficient (Wildman–Crippen LogP) is 0.936. The highest BCUT2D eigenvalue weighted by Gasteiger charge is 2.39. The highest BCUT2D eigenvalue weighted by atomic mass is 32.3. The molecule has 1 unspecified atom stereocenters. The van der Waals surface area contributed by atoms with Crippen LogP contribution in [0.1, 0.15) is 6.42 Å². The molecule has 1 aliphatic rings. The van der Waals surface area contributed by atoms with Crippen molar-refractivity contribution in [1.82, 2.24) is 0 Å². The van der Waals surface area contributed by atoms with E-state index in [2.05, 4.69) is 0 Å². The van der Waals surface area contributed by atoms with Crippen LogP contribution in [0.2, 0.25) is 0 Å². The monoisotopic (exact) mass is 277 g/mol. The Hall–Kier alpha value is -1.70. The molecule has 98 valence electrons. The molecule has 5 nitrogen and oxygen atoms in total. The van der Waals surface area contributed by atoms with Crippen molar-refractivity contribution in [3.05, 3.63) is 24.0 Å². The maximum absolute atomic E-state index is 12.8. The third-order valence-corrected chi connectivity index (χ3v) is 3.84. The van der Waals surface area contributed by atoms with Gasteiger partial charge in [0.1, 0.15) is 5.25 Å². The lowest BCUT2D eigenvalue weighted by Crippen LogP contribution is -2.26. The summed E-state index contributed by atoms with van der Waals surface area (Å²) in [5.74, 6) is -2.11. The van der Waals surface area contributed by atoms with Gasteiger partial charge in [0.2, 0.25) is 5.91 Å². The number of benzene rings is 1. The SMILES string of the molecule is O=C1CC(S(=O)(=O)F)CN1c1ccc(F)c(O)c1. The Morgan fingerprint density at radius 1 is 1.39 bits per heavy atom. The quantitative estimate of drug-likeness (QED) is 0.816. The number of rotatable bonds is 2. The van der Waals surface area contributed by atoms with Crippen LogP contribution in [0.3, 0.4) is 0 Å². The number of phenols is 1. The first-order valence-electron chi connectivity index (χ1n) is 5.01. The average Bonchev–Trinajstić information content (AvgIpc) is 2.64. The van der Waals surface area contributed by atoms with Gasteiger partial charge in [-0.05, 0) is 12.1 Å². The van der Waals surface area contributed by atoms with E-state index in [4.69, 9.17) is 5.11 Å². The number of anilines is 1. The lowest BCUT2D eigenvalue weighted by molar-refractivity contribution is -0.117. The Morgan fingerprint density at radius 3 is 2.56 bits per heavy atom. The van der Waals surface area contributed by atoms with Crippen molar-refractivity contribution in [2.45, 2.75) is 11.7 Å². The van der Waals surface area contributed by atoms with Crippen LogP contribution in [0.15, 0.2) is 18.2 Å². The number of hydrogen-bond acceptors (Lipinski definition) is 4. The number of nitrogens with zero attached hydrogens (tertiary/aromatic N) is 1. The maximum Gasteiger partial charge on any atom is 0.307 e. The molecule has 0 saturated carbocycles. The third-order valence-electron chi connectivity index (χ3n) is 2.73. The molecule has 1 atom stereocenters. The van der Waals surface area contributed by atoms with E-state index in [1.165, 1.54) is 6.07 Å². The van der Waals surface area contributed by atoms with E-state index in [1.807, 2.05) is 0 Å². The Bertz CT molecular complexity index is 602. The fourth-order valence-electron chi connectivity index (χ4n) is 1.78. The summed E-state index contributed by atoms with van der Waals surface area (Å²) in [5.41, 5.74) is 0.130. The zero-order valence-electron chi connectivity index (χ0n) is 9.01. The number of phenolic OH excluding ortho intramolecular Hbond substituents is 1. The minimum Gasteiger partial charge on any atom is -0.505 e. The molecule has 2 rings (SSSR count). The molecule has 1 aliphatic heterocycles. The molecule has 0 aliphatic carbocycles. The molecule has 1 aromatic carbocycles. The van der Waals surface area contributed by atoms with Gasteiger partial charge >= 0.3 is 10.2 Å². The first-order chi connectivity index (χ1) is 8.29. The molecule has 1 heterocycles. The number of amides is 1. The van der Waals surface area contributed by atoms with Gasteiger partial charge in [-0.25, -0.2) is 4.39 Å². The standard InChI is InChI=1S/C10H9F2NO4S/c11-8-2-1-6(3-9(8)14)13-5-7(4-10(13)15)18(12,16)17/h1-3,7,14H,4-5H2. The third kappa shape index (κ3) is 2.28. The molecule has 1 N–H and O–H groups in total. The summed E-state index contributed by atoms with van der Waals surface area (Å²) in [5, 5.41) is 7.75. The van der Waals surface area contributed by atoms with E-state index in [9.17, 15) is 21.5 Å². The van der Waals surface area contributed by atoms with Gasteiger partial charge < -0.3 is 10.0 Å².